The summed E-state index contributed by atoms with van der Waals surface area (Å²) >= 11 is 0. The quantitative estimate of drug-likeness (QED) is 0.142. The third kappa shape index (κ3) is 10.5. The lowest BCUT2D eigenvalue weighted by atomic mass is 9.33. The number of hydrogen-bond acceptors (Lipinski definition) is 3. The van der Waals surface area contributed by atoms with Gasteiger partial charge in [-0.15, -0.1) is 0 Å². The monoisotopic (exact) mass is 1410 g/mol. The molecule has 14 aromatic carbocycles. The summed E-state index contributed by atoms with van der Waals surface area (Å²) in [5.41, 5.74) is 19.4. The summed E-state index contributed by atoms with van der Waals surface area (Å²) < 4.78 is 128. The van der Waals surface area contributed by atoms with E-state index in [0.717, 1.165) is 111 Å². The molecule has 2 aliphatic rings. The van der Waals surface area contributed by atoms with Gasteiger partial charge in [0.2, 0.25) is 0 Å². The average molecular weight is 1410 g/mol. The molecule has 0 unspecified atom stereocenters. The molecule has 5 heterocycles. The van der Waals surface area contributed by atoms with E-state index in [1.165, 1.54) is 11.1 Å². The second kappa shape index (κ2) is 24.3. The Balaban J connectivity index is 0.997. The molecule has 0 saturated heterocycles. The SMILES string of the molecule is [2H]c1c([2H])c([2H])c(-c2cccc(-c3cc(C(C)(C)C)cc(-c4ccccc4)c3N3c4cc(-n5c6c([2H])c([2H])c([2H])c([2H])c6c6c([2H])c([2H])c([2H])c([2H])c65)ccc4B4c5ccc(-n6c7ccc(C(C)(C)C)cc7c7cc(C(C)(C)C)ccc76)cc5N(c5ccc(C#N)c(-n6c7ccccc7c7ccccc76)c5)c5cc(C(C)(C)C)cc3c54)c2)c([2H])c1[2H]. The van der Waals surface area contributed by atoms with Gasteiger partial charge < -0.3 is 23.5 Å². The van der Waals surface area contributed by atoms with Gasteiger partial charge in [0.05, 0.1) is 67.9 Å². The number of rotatable bonds is 8. The van der Waals surface area contributed by atoms with Crippen molar-refractivity contribution >= 4 is 123 Å². The van der Waals surface area contributed by atoms with Crippen LogP contribution in [0.4, 0.5) is 34.1 Å². The largest absolute Gasteiger partial charge is 0.311 e. The maximum absolute atomic E-state index is 11.6. The molecular weight excluding hydrogens is 1310 g/mol. The topological polar surface area (TPSA) is 45.1 Å². The molecule has 0 radical (unpaired) electrons. The molecule has 0 spiro atoms. The van der Waals surface area contributed by atoms with Gasteiger partial charge in [0.1, 0.15) is 6.07 Å². The molecule has 0 fully saturated rings. The average Bonchev–Trinajstić information content (AvgIpc) is 1.67. The van der Waals surface area contributed by atoms with Crippen molar-refractivity contribution in [3.05, 3.63) is 325 Å². The van der Waals surface area contributed by atoms with E-state index in [-0.39, 0.29) is 50.3 Å². The second-order valence-corrected chi connectivity index (χ2v) is 33.1. The number of aromatic nitrogens is 3. The molecule has 3 aromatic heterocycles. The Morgan fingerprint density at radius 3 is 1.32 bits per heavy atom. The summed E-state index contributed by atoms with van der Waals surface area (Å²) in [5, 5.41) is 15.7. The van der Waals surface area contributed by atoms with Crippen LogP contribution in [-0.4, -0.2) is 20.4 Å². The van der Waals surface area contributed by atoms with Crippen LogP contribution in [0.5, 0.6) is 0 Å². The van der Waals surface area contributed by atoms with Gasteiger partial charge in [-0.2, -0.15) is 5.26 Å². The van der Waals surface area contributed by atoms with Gasteiger partial charge in [-0.25, -0.2) is 0 Å². The maximum Gasteiger partial charge on any atom is 0.252 e. The Labute approximate surface area is 652 Å². The van der Waals surface area contributed by atoms with Crippen molar-refractivity contribution in [1.82, 2.24) is 13.7 Å². The van der Waals surface area contributed by atoms with Crippen LogP contribution in [0.15, 0.2) is 297 Å². The van der Waals surface area contributed by atoms with Crippen LogP contribution in [0.2, 0.25) is 0 Å². The molecule has 0 saturated carbocycles. The standard InChI is InChI=1S/C101H85BN6/c1-98(2,3)68-43-50-89-81(53-68)82-54-69(99(4,5)6)44-51-90(82)105(89)73-46-48-83-92(60-73)106(72-45-42-67(62-103)91(59-72)107-87-40-25-21-36-77(87)78-37-22-26-41-88(78)107)94-57-71(101(10,11)12)58-95-96(94)102(83)84-49-47-74(104-85-38-23-19-34-75(85)76-35-20-24-39-86(76)104)61-93(84)108(95)97-79(64-30-17-14-18-31-64)55-70(100(7,8)9)56-80(97)66-33-27-32-65(52-66)63-28-15-13-16-29-63/h13-61H,1-12H3/i13D,15D,16D,19D,20D,23D,24D,28D,29D,34D,35D,38D,39D. The summed E-state index contributed by atoms with van der Waals surface area (Å²) in [5.74, 6) is 0. The summed E-state index contributed by atoms with van der Waals surface area (Å²) in [4.78, 5) is 4.69. The molecule has 0 amide bonds. The van der Waals surface area contributed by atoms with Crippen molar-refractivity contribution in [2.75, 3.05) is 9.80 Å². The predicted molar refractivity (Wildman–Crippen MR) is 459 cm³/mol. The van der Waals surface area contributed by atoms with Crippen molar-refractivity contribution in [2.45, 2.75) is 105 Å². The summed E-state index contributed by atoms with van der Waals surface area (Å²) in [6, 6.07) is 72.4. The number of fused-ring (bicyclic) bond motifs is 13. The van der Waals surface area contributed by atoms with E-state index in [1.807, 2.05) is 78.9 Å². The van der Waals surface area contributed by atoms with E-state index in [1.54, 1.807) is 10.6 Å². The van der Waals surface area contributed by atoms with Crippen LogP contribution in [0.1, 0.15) is 129 Å². The highest BCUT2D eigenvalue weighted by Crippen LogP contribution is 2.54. The lowest BCUT2D eigenvalue weighted by Crippen LogP contribution is -2.61. The minimum atomic E-state index is -0.644. The summed E-state index contributed by atoms with van der Waals surface area (Å²) in [6.45, 7) is 25.9. The van der Waals surface area contributed by atoms with Crippen molar-refractivity contribution in [3.8, 4) is 56.5 Å². The van der Waals surface area contributed by atoms with Crippen LogP contribution >= 0.6 is 0 Å². The molecule has 0 bridgehead atoms. The lowest BCUT2D eigenvalue weighted by Gasteiger charge is -2.46. The van der Waals surface area contributed by atoms with Gasteiger partial charge in [-0.05, 0) is 204 Å². The van der Waals surface area contributed by atoms with E-state index in [0.29, 0.717) is 45.0 Å². The first-order valence-corrected chi connectivity index (χ1v) is 37.1. The number of para-hydroxylation sites is 4. The van der Waals surface area contributed by atoms with Crippen molar-refractivity contribution in [2.24, 2.45) is 0 Å². The summed E-state index contributed by atoms with van der Waals surface area (Å²) in [6.07, 6.45) is 0. The zero-order valence-electron chi connectivity index (χ0n) is 75.5. The first-order valence-electron chi connectivity index (χ1n) is 43.6. The number of nitriles is 1. The highest BCUT2D eigenvalue weighted by atomic mass is 15.2. The zero-order valence-corrected chi connectivity index (χ0v) is 62.5. The first kappa shape index (κ1) is 53.4. The fourth-order valence-corrected chi connectivity index (χ4v) is 16.8. The fraction of sp³-hybridized carbons (Fsp3) is 0.158. The van der Waals surface area contributed by atoms with Gasteiger partial charge in [-0.1, -0.05) is 259 Å². The maximum atomic E-state index is 11.6. The fourth-order valence-electron chi connectivity index (χ4n) is 16.8. The van der Waals surface area contributed by atoms with Crippen molar-refractivity contribution < 1.29 is 17.8 Å². The molecule has 7 heteroatoms. The normalized spacial score (nSPS) is 14.8. The Morgan fingerprint density at radius 2 is 0.759 bits per heavy atom. The third-order valence-electron chi connectivity index (χ3n) is 22.4. The highest BCUT2D eigenvalue weighted by molar-refractivity contribution is 7.00. The van der Waals surface area contributed by atoms with Gasteiger partial charge in [0, 0.05) is 83.3 Å². The minimum absolute atomic E-state index is 0.0306. The Morgan fingerprint density at radius 1 is 0.306 bits per heavy atom. The molecule has 0 N–H and O–H groups in total. The Kier molecular flexibility index (Phi) is 12.0. The molecule has 17 aromatic rings. The first-order chi connectivity index (χ1) is 57.5. The van der Waals surface area contributed by atoms with E-state index >= 15 is 0 Å². The third-order valence-corrected chi connectivity index (χ3v) is 22.4. The van der Waals surface area contributed by atoms with Gasteiger partial charge >= 0.3 is 0 Å². The van der Waals surface area contributed by atoms with E-state index < -0.39 is 84.0 Å². The molecule has 2 aliphatic heterocycles. The van der Waals surface area contributed by atoms with Crippen LogP contribution in [0.3, 0.4) is 0 Å². The molecule has 108 heavy (non-hydrogen) atoms. The van der Waals surface area contributed by atoms with E-state index in [9.17, 15) is 16.2 Å². The van der Waals surface area contributed by atoms with Gasteiger partial charge in [0.25, 0.3) is 6.71 Å². The highest BCUT2D eigenvalue weighted by Gasteiger charge is 2.46. The molecule has 0 aliphatic carbocycles. The molecular formula is C101H85BN6. The molecule has 0 atom stereocenters. The van der Waals surface area contributed by atoms with E-state index in [2.05, 4.69) is 242 Å². The predicted octanol–water partition coefficient (Wildman–Crippen LogP) is 25.1. The van der Waals surface area contributed by atoms with Crippen molar-refractivity contribution in [3.63, 3.8) is 0 Å². The molecule has 6 nitrogen and oxygen atoms in total. The number of benzene rings is 14. The van der Waals surface area contributed by atoms with Crippen LogP contribution < -0.4 is 26.2 Å². The van der Waals surface area contributed by atoms with Gasteiger partial charge in [0.15, 0.2) is 0 Å². The molecule has 522 valence electrons. The van der Waals surface area contributed by atoms with Crippen molar-refractivity contribution in [1.29, 1.82) is 5.26 Å². The van der Waals surface area contributed by atoms with Gasteiger partial charge in [-0.3, -0.25) is 0 Å². The minimum Gasteiger partial charge on any atom is -0.311 e. The lowest BCUT2D eigenvalue weighted by molar-refractivity contribution is 0.590. The number of anilines is 6. The smallest absolute Gasteiger partial charge is 0.252 e. The summed E-state index contributed by atoms with van der Waals surface area (Å²) in [7, 11) is 0. The number of nitrogens with zero attached hydrogens (tertiary/aromatic N) is 6. The Hall–Kier alpha value is -12.4. The van der Waals surface area contributed by atoms with Crippen LogP contribution in [0.25, 0.3) is 116 Å². The Bertz CT molecular complexity index is 7240. The van der Waals surface area contributed by atoms with E-state index in [4.69, 9.17) is 6.85 Å². The zero-order chi connectivity index (χ0) is 85.3. The van der Waals surface area contributed by atoms with Crippen LogP contribution in [-0.2, 0) is 21.7 Å². The number of hydrogen-bond donors (Lipinski definition) is 0. The molecule has 19 rings (SSSR count). The second-order valence-electron chi connectivity index (χ2n) is 33.1. The van der Waals surface area contributed by atoms with Crippen LogP contribution in [0, 0.1) is 11.3 Å².